The van der Waals surface area contributed by atoms with Gasteiger partial charge in [-0.15, -0.1) is 0 Å². The summed E-state index contributed by atoms with van der Waals surface area (Å²) in [7, 11) is 0. The number of rotatable bonds is 6. The van der Waals surface area contributed by atoms with E-state index in [1.54, 1.807) is 16.8 Å². The second-order valence-corrected chi connectivity index (χ2v) is 8.38. The molecule has 1 fully saturated rings. The summed E-state index contributed by atoms with van der Waals surface area (Å²) in [5.41, 5.74) is 1.26. The highest BCUT2D eigenvalue weighted by Gasteiger charge is 2.31. The molecular formula is C25H26N4O2. The maximum Gasteiger partial charge on any atom is 0.250 e. The normalized spacial score (nSPS) is 19.6. The fourth-order valence-electron chi connectivity index (χ4n) is 4.67. The Morgan fingerprint density at radius 1 is 1.10 bits per heavy atom. The molecule has 6 heteroatoms. The minimum atomic E-state index is -0.0681. The second-order valence-electron chi connectivity index (χ2n) is 8.38. The highest BCUT2D eigenvalue weighted by Crippen LogP contribution is 2.35. The number of nitrogens with one attached hydrogen (secondary N) is 1. The SMILES string of the molecule is C[C@@H](NC1CCC(c2nc(Cn3ccccc3=O)no2)C1)c1cccc2ccccc12. The Kier molecular flexibility index (Phi) is 5.38. The van der Waals surface area contributed by atoms with Gasteiger partial charge in [0.2, 0.25) is 5.89 Å². The Bertz CT molecular complexity index is 1240. The lowest BCUT2D eigenvalue weighted by atomic mass is 9.99. The Morgan fingerprint density at radius 2 is 1.94 bits per heavy atom. The van der Waals surface area contributed by atoms with Crippen molar-refractivity contribution >= 4 is 10.8 Å². The van der Waals surface area contributed by atoms with E-state index < -0.39 is 0 Å². The van der Waals surface area contributed by atoms with Crippen LogP contribution in [0.1, 0.15) is 55.4 Å². The zero-order chi connectivity index (χ0) is 21.2. The molecule has 6 nitrogen and oxygen atoms in total. The molecule has 0 amide bonds. The monoisotopic (exact) mass is 414 g/mol. The van der Waals surface area contributed by atoms with Gasteiger partial charge >= 0.3 is 0 Å². The van der Waals surface area contributed by atoms with Crippen LogP contribution in [-0.4, -0.2) is 20.7 Å². The smallest absolute Gasteiger partial charge is 0.250 e. The summed E-state index contributed by atoms with van der Waals surface area (Å²) in [4.78, 5) is 16.5. The molecule has 31 heavy (non-hydrogen) atoms. The van der Waals surface area contributed by atoms with E-state index in [9.17, 15) is 4.79 Å². The van der Waals surface area contributed by atoms with Gasteiger partial charge in [0.25, 0.3) is 5.56 Å². The quantitative estimate of drug-likeness (QED) is 0.506. The van der Waals surface area contributed by atoms with E-state index in [1.165, 1.54) is 22.4 Å². The molecule has 4 aromatic rings. The molecule has 0 bridgehead atoms. The van der Waals surface area contributed by atoms with E-state index in [0.29, 0.717) is 24.3 Å². The van der Waals surface area contributed by atoms with Crippen molar-refractivity contribution in [2.24, 2.45) is 0 Å². The van der Waals surface area contributed by atoms with E-state index in [0.717, 1.165) is 19.3 Å². The van der Waals surface area contributed by atoms with Gasteiger partial charge in [0.05, 0.1) is 6.54 Å². The standard InChI is InChI=1S/C25H26N4O2/c1-17(21-10-6-8-18-7-2-3-9-22(18)21)26-20-13-12-19(15-20)25-27-23(28-31-25)16-29-14-5-4-11-24(29)30/h2-11,14,17,19-20,26H,12-13,15-16H2,1H3/t17-,19?,20?/m1/s1. The minimum absolute atomic E-state index is 0.0681. The summed E-state index contributed by atoms with van der Waals surface area (Å²) in [6.07, 6.45) is 4.81. The molecule has 0 aliphatic heterocycles. The van der Waals surface area contributed by atoms with Crippen molar-refractivity contribution in [2.45, 2.75) is 50.7 Å². The lowest BCUT2D eigenvalue weighted by Crippen LogP contribution is -2.29. The van der Waals surface area contributed by atoms with Gasteiger partial charge < -0.3 is 14.4 Å². The van der Waals surface area contributed by atoms with Crippen molar-refractivity contribution in [1.29, 1.82) is 0 Å². The second kappa shape index (κ2) is 8.47. The summed E-state index contributed by atoms with van der Waals surface area (Å²) < 4.78 is 7.13. The van der Waals surface area contributed by atoms with Crippen LogP contribution in [0.25, 0.3) is 10.8 Å². The van der Waals surface area contributed by atoms with Crippen LogP contribution in [0.4, 0.5) is 0 Å². The third kappa shape index (κ3) is 4.16. The van der Waals surface area contributed by atoms with Gasteiger partial charge in [0.1, 0.15) is 0 Å². The zero-order valence-electron chi connectivity index (χ0n) is 17.6. The fourth-order valence-corrected chi connectivity index (χ4v) is 4.67. The summed E-state index contributed by atoms with van der Waals surface area (Å²) in [5.74, 6) is 1.48. The number of aromatic nitrogens is 3. The van der Waals surface area contributed by atoms with Gasteiger partial charge in [0.15, 0.2) is 5.82 Å². The third-order valence-corrected chi connectivity index (χ3v) is 6.25. The van der Waals surface area contributed by atoms with Gasteiger partial charge in [-0.1, -0.05) is 53.7 Å². The van der Waals surface area contributed by atoms with E-state index in [2.05, 4.69) is 64.8 Å². The molecule has 1 aliphatic carbocycles. The molecule has 2 unspecified atom stereocenters. The first-order chi connectivity index (χ1) is 15.2. The number of fused-ring (bicyclic) bond motifs is 1. The number of hydrogen-bond acceptors (Lipinski definition) is 5. The molecular weight excluding hydrogens is 388 g/mol. The molecule has 1 saturated carbocycles. The molecule has 0 radical (unpaired) electrons. The lowest BCUT2D eigenvalue weighted by molar-refractivity contribution is 0.345. The van der Waals surface area contributed by atoms with Crippen molar-refractivity contribution in [1.82, 2.24) is 20.0 Å². The van der Waals surface area contributed by atoms with Crippen molar-refractivity contribution in [3.05, 3.63) is 94.5 Å². The van der Waals surface area contributed by atoms with Crippen molar-refractivity contribution in [3.63, 3.8) is 0 Å². The topological polar surface area (TPSA) is 73.0 Å². The number of benzene rings is 2. The Balaban J connectivity index is 1.24. The average molecular weight is 415 g/mol. The van der Waals surface area contributed by atoms with Crippen molar-refractivity contribution in [3.8, 4) is 0 Å². The molecule has 1 aliphatic rings. The van der Waals surface area contributed by atoms with Crippen LogP contribution >= 0.6 is 0 Å². The van der Waals surface area contributed by atoms with Crippen LogP contribution in [-0.2, 0) is 6.54 Å². The highest BCUT2D eigenvalue weighted by molar-refractivity contribution is 5.86. The van der Waals surface area contributed by atoms with Gasteiger partial charge in [-0.25, -0.2) is 0 Å². The summed E-state index contributed by atoms with van der Waals surface area (Å²) >= 11 is 0. The first-order valence-corrected chi connectivity index (χ1v) is 10.9. The van der Waals surface area contributed by atoms with Gasteiger partial charge in [-0.05, 0) is 48.6 Å². The maximum absolute atomic E-state index is 11.9. The van der Waals surface area contributed by atoms with Crippen LogP contribution in [0.2, 0.25) is 0 Å². The van der Waals surface area contributed by atoms with Gasteiger partial charge in [0, 0.05) is 30.3 Å². The number of pyridine rings is 1. The lowest BCUT2D eigenvalue weighted by Gasteiger charge is -2.21. The third-order valence-electron chi connectivity index (χ3n) is 6.25. The molecule has 158 valence electrons. The Hall–Kier alpha value is -3.25. The summed E-state index contributed by atoms with van der Waals surface area (Å²) in [6, 6.07) is 20.8. The first-order valence-electron chi connectivity index (χ1n) is 10.9. The van der Waals surface area contributed by atoms with Crippen LogP contribution in [0.5, 0.6) is 0 Å². The largest absolute Gasteiger partial charge is 0.339 e. The molecule has 1 N–H and O–H groups in total. The first kappa shape index (κ1) is 19.7. The summed E-state index contributed by atoms with van der Waals surface area (Å²) in [5, 5.41) is 10.5. The molecule has 2 aromatic heterocycles. The van der Waals surface area contributed by atoms with E-state index in [4.69, 9.17) is 4.52 Å². The van der Waals surface area contributed by atoms with E-state index >= 15 is 0 Å². The molecule has 2 aromatic carbocycles. The Labute approximate surface area is 180 Å². The van der Waals surface area contributed by atoms with Crippen LogP contribution in [0, 0.1) is 0 Å². The molecule has 3 atom stereocenters. The van der Waals surface area contributed by atoms with Crippen molar-refractivity contribution in [2.75, 3.05) is 0 Å². The van der Waals surface area contributed by atoms with Crippen LogP contribution in [0.15, 0.2) is 76.2 Å². The molecule has 0 spiro atoms. The van der Waals surface area contributed by atoms with Gasteiger partial charge in [-0.3, -0.25) is 4.79 Å². The van der Waals surface area contributed by atoms with Gasteiger partial charge in [-0.2, -0.15) is 4.98 Å². The Morgan fingerprint density at radius 3 is 2.84 bits per heavy atom. The average Bonchev–Trinajstić information content (AvgIpc) is 3.44. The number of nitrogens with zero attached hydrogens (tertiary/aromatic N) is 3. The maximum atomic E-state index is 11.9. The predicted molar refractivity (Wildman–Crippen MR) is 120 cm³/mol. The minimum Gasteiger partial charge on any atom is -0.339 e. The molecule has 0 saturated heterocycles. The van der Waals surface area contributed by atoms with Crippen molar-refractivity contribution < 1.29 is 4.52 Å². The molecule has 5 rings (SSSR count). The fraction of sp³-hybridized carbons (Fsp3) is 0.320. The molecule has 2 heterocycles. The van der Waals surface area contributed by atoms with Crippen LogP contribution in [0.3, 0.4) is 0 Å². The predicted octanol–water partition coefficient (Wildman–Crippen LogP) is 4.42. The van der Waals surface area contributed by atoms with Crippen LogP contribution < -0.4 is 10.9 Å². The zero-order valence-corrected chi connectivity index (χ0v) is 17.6. The highest BCUT2D eigenvalue weighted by atomic mass is 16.5. The van der Waals surface area contributed by atoms with E-state index in [-0.39, 0.29) is 17.5 Å². The van der Waals surface area contributed by atoms with E-state index in [1.807, 2.05) is 6.07 Å². The summed E-state index contributed by atoms with van der Waals surface area (Å²) in [6.45, 7) is 2.56. The number of hydrogen-bond donors (Lipinski definition) is 1.